The minimum absolute atomic E-state index is 0.0992. The maximum Gasteiger partial charge on any atom is 0.241 e. The number of halogens is 1. The van der Waals surface area contributed by atoms with E-state index >= 15 is 0 Å². The van der Waals surface area contributed by atoms with Crippen LogP contribution in [0.25, 0.3) is 0 Å². The van der Waals surface area contributed by atoms with Crippen molar-refractivity contribution >= 4 is 10.0 Å². The molecule has 1 atom stereocenters. The molecule has 0 fully saturated rings. The van der Waals surface area contributed by atoms with E-state index in [1.165, 1.54) is 24.4 Å². The zero-order valence-electron chi connectivity index (χ0n) is 9.59. The molecule has 2 aromatic rings. The molecule has 0 amide bonds. The van der Waals surface area contributed by atoms with E-state index in [1.54, 1.807) is 13.1 Å². The minimum atomic E-state index is -3.74. The lowest BCUT2D eigenvalue weighted by atomic mass is 10.2. The van der Waals surface area contributed by atoms with Gasteiger partial charge in [-0.15, -0.1) is 0 Å². The molecule has 1 aromatic heterocycles. The highest BCUT2D eigenvalue weighted by Crippen LogP contribution is 2.16. The molecule has 2 N–H and O–H groups in total. The van der Waals surface area contributed by atoms with Gasteiger partial charge in [-0.25, -0.2) is 17.5 Å². The number of hydrogen-bond donors (Lipinski definition) is 2. The van der Waals surface area contributed by atoms with Gasteiger partial charge in [-0.3, -0.25) is 5.10 Å². The maximum atomic E-state index is 13.0. The highest BCUT2D eigenvalue weighted by atomic mass is 32.2. The number of hydrogen-bond acceptors (Lipinski definition) is 3. The second-order valence-corrected chi connectivity index (χ2v) is 5.55. The van der Waals surface area contributed by atoms with Crippen LogP contribution in [0.1, 0.15) is 18.5 Å². The molecule has 0 radical (unpaired) electrons. The van der Waals surface area contributed by atoms with Crippen LogP contribution in [0.3, 0.4) is 0 Å². The van der Waals surface area contributed by atoms with Gasteiger partial charge >= 0.3 is 0 Å². The molecule has 1 heterocycles. The molecule has 0 spiro atoms. The van der Waals surface area contributed by atoms with Crippen LogP contribution >= 0.6 is 0 Å². The fraction of sp³-hybridized carbons (Fsp3) is 0.182. The monoisotopic (exact) mass is 269 g/mol. The Morgan fingerprint density at radius 2 is 2.22 bits per heavy atom. The highest BCUT2D eigenvalue weighted by Gasteiger charge is 2.19. The normalized spacial score (nSPS) is 13.4. The van der Waals surface area contributed by atoms with Gasteiger partial charge in [0.1, 0.15) is 5.82 Å². The topological polar surface area (TPSA) is 74.8 Å². The van der Waals surface area contributed by atoms with Crippen molar-refractivity contribution in [1.82, 2.24) is 14.9 Å². The summed E-state index contributed by atoms with van der Waals surface area (Å²) >= 11 is 0. The van der Waals surface area contributed by atoms with Crippen molar-refractivity contribution in [3.63, 3.8) is 0 Å². The second-order valence-electron chi connectivity index (χ2n) is 3.83. The molecule has 1 unspecified atom stereocenters. The van der Waals surface area contributed by atoms with E-state index in [-0.39, 0.29) is 4.90 Å². The Kier molecular flexibility index (Phi) is 3.44. The molecular weight excluding hydrogens is 257 g/mol. The smallest absolute Gasteiger partial charge is 0.241 e. The summed E-state index contributed by atoms with van der Waals surface area (Å²) in [6.07, 6.45) is 3.12. The number of rotatable bonds is 4. The van der Waals surface area contributed by atoms with Crippen molar-refractivity contribution in [3.05, 3.63) is 48.0 Å². The van der Waals surface area contributed by atoms with E-state index in [4.69, 9.17) is 0 Å². The summed E-state index contributed by atoms with van der Waals surface area (Å²) in [5.74, 6) is -0.589. The Hall–Kier alpha value is -1.73. The quantitative estimate of drug-likeness (QED) is 0.885. The van der Waals surface area contributed by atoms with Crippen LogP contribution in [0.15, 0.2) is 41.6 Å². The van der Waals surface area contributed by atoms with Crippen molar-refractivity contribution in [2.45, 2.75) is 17.9 Å². The van der Waals surface area contributed by atoms with Crippen molar-refractivity contribution < 1.29 is 12.8 Å². The first-order chi connectivity index (χ1) is 8.49. The summed E-state index contributed by atoms with van der Waals surface area (Å²) in [6.45, 7) is 1.68. The van der Waals surface area contributed by atoms with E-state index in [9.17, 15) is 12.8 Å². The summed E-state index contributed by atoms with van der Waals surface area (Å²) in [6, 6.07) is 4.42. The van der Waals surface area contributed by atoms with Gasteiger partial charge in [0.2, 0.25) is 10.0 Å². The molecule has 1 aromatic carbocycles. The van der Waals surface area contributed by atoms with Crippen LogP contribution in [0.5, 0.6) is 0 Å². The fourth-order valence-electron chi connectivity index (χ4n) is 1.50. The molecule has 0 saturated heterocycles. The van der Waals surface area contributed by atoms with E-state index in [1.807, 2.05) is 0 Å². The summed E-state index contributed by atoms with van der Waals surface area (Å²) in [7, 11) is -3.74. The molecule has 0 bridgehead atoms. The fourth-order valence-corrected chi connectivity index (χ4v) is 2.76. The average molecular weight is 269 g/mol. The van der Waals surface area contributed by atoms with Crippen LogP contribution < -0.4 is 4.72 Å². The van der Waals surface area contributed by atoms with Gasteiger partial charge in [0.25, 0.3) is 0 Å². The first-order valence-corrected chi connectivity index (χ1v) is 6.74. The van der Waals surface area contributed by atoms with Gasteiger partial charge in [-0.05, 0) is 25.1 Å². The number of aromatic nitrogens is 2. The van der Waals surface area contributed by atoms with Gasteiger partial charge < -0.3 is 0 Å². The minimum Gasteiger partial charge on any atom is -0.285 e. The third-order valence-electron chi connectivity index (χ3n) is 2.46. The van der Waals surface area contributed by atoms with Crippen LogP contribution in [0, 0.1) is 5.82 Å². The molecule has 2 rings (SSSR count). The lowest BCUT2D eigenvalue weighted by Crippen LogP contribution is -2.26. The number of nitrogens with zero attached hydrogens (tertiary/aromatic N) is 1. The first kappa shape index (κ1) is 12.7. The standard InChI is InChI=1S/C11H12FN3O2S/c1-8(9-6-13-14-7-9)15-18(16,17)11-4-2-3-10(12)5-11/h2-8,15H,1H3,(H,13,14). The van der Waals surface area contributed by atoms with Crippen LogP contribution in [-0.2, 0) is 10.0 Å². The maximum absolute atomic E-state index is 13.0. The van der Waals surface area contributed by atoms with Gasteiger partial charge in [-0.2, -0.15) is 5.10 Å². The molecule has 7 heteroatoms. The number of nitrogens with one attached hydrogen (secondary N) is 2. The summed E-state index contributed by atoms with van der Waals surface area (Å²) < 4.78 is 39.4. The first-order valence-electron chi connectivity index (χ1n) is 5.25. The molecule has 0 aliphatic rings. The summed E-state index contributed by atoms with van der Waals surface area (Å²) in [4.78, 5) is -0.0992. The van der Waals surface area contributed by atoms with E-state index in [0.717, 1.165) is 6.07 Å². The lowest BCUT2D eigenvalue weighted by molar-refractivity contribution is 0.564. The predicted octanol–water partition coefficient (Wildman–Crippen LogP) is 1.59. The number of benzene rings is 1. The second kappa shape index (κ2) is 4.87. The van der Waals surface area contributed by atoms with E-state index < -0.39 is 21.9 Å². The third kappa shape index (κ3) is 2.74. The van der Waals surface area contributed by atoms with Gasteiger partial charge in [0.15, 0.2) is 0 Å². The highest BCUT2D eigenvalue weighted by molar-refractivity contribution is 7.89. The lowest BCUT2D eigenvalue weighted by Gasteiger charge is -2.12. The molecule has 96 valence electrons. The molecule has 0 aliphatic carbocycles. The van der Waals surface area contributed by atoms with Gasteiger partial charge in [-0.1, -0.05) is 6.07 Å². The number of aromatic amines is 1. The molecule has 5 nitrogen and oxygen atoms in total. The van der Waals surface area contributed by atoms with Crippen LogP contribution in [-0.4, -0.2) is 18.6 Å². The summed E-state index contributed by atoms with van der Waals surface area (Å²) in [5, 5.41) is 6.34. The average Bonchev–Trinajstić information content (AvgIpc) is 2.82. The zero-order chi connectivity index (χ0) is 13.2. The van der Waals surface area contributed by atoms with Gasteiger partial charge in [0, 0.05) is 17.8 Å². The Morgan fingerprint density at radius 3 is 2.83 bits per heavy atom. The third-order valence-corrected chi connectivity index (χ3v) is 4.00. The van der Waals surface area contributed by atoms with Crippen molar-refractivity contribution in [2.24, 2.45) is 0 Å². The predicted molar refractivity (Wildman–Crippen MR) is 63.7 cm³/mol. The Bertz CT molecular complexity index is 625. The van der Waals surface area contributed by atoms with Crippen molar-refractivity contribution in [3.8, 4) is 0 Å². The molecule has 0 saturated carbocycles. The number of sulfonamides is 1. The van der Waals surface area contributed by atoms with Gasteiger partial charge in [0.05, 0.1) is 11.1 Å². The SMILES string of the molecule is CC(NS(=O)(=O)c1cccc(F)c1)c1cn[nH]c1. The number of H-pyrrole nitrogens is 1. The Morgan fingerprint density at radius 1 is 1.44 bits per heavy atom. The molecular formula is C11H12FN3O2S. The van der Waals surface area contributed by atoms with Crippen LogP contribution in [0.2, 0.25) is 0 Å². The summed E-state index contributed by atoms with van der Waals surface area (Å²) in [5.41, 5.74) is 0.704. The molecule has 0 aliphatic heterocycles. The zero-order valence-corrected chi connectivity index (χ0v) is 10.4. The van der Waals surface area contributed by atoms with Crippen molar-refractivity contribution in [1.29, 1.82) is 0 Å². The molecule has 18 heavy (non-hydrogen) atoms. The Balaban J connectivity index is 2.22. The van der Waals surface area contributed by atoms with Crippen LogP contribution in [0.4, 0.5) is 4.39 Å². The van der Waals surface area contributed by atoms with E-state index in [0.29, 0.717) is 5.56 Å². The van der Waals surface area contributed by atoms with Crippen molar-refractivity contribution in [2.75, 3.05) is 0 Å². The van der Waals surface area contributed by atoms with E-state index in [2.05, 4.69) is 14.9 Å². The Labute approximate surface area is 104 Å². The largest absolute Gasteiger partial charge is 0.285 e.